The fraction of sp³-hybridized carbons (Fsp3) is 0.222. The van der Waals surface area contributed by atoms with Gasteiger partial charge in [0, 0.05) is 32.7 Å². The number of rotatable bonds is 1. The molecule has 1 atom stereocenters. The zero-order chi connectivity index (χ0) is 7.56. The summed E-state index contributed by atoms with van der Waals surface area (Å²) >= 11 is 0. The molecule has 0 nitrogen and oxygen atoms in total. The smallest absolute Gasteiger partial charge is 0.123 e. The van der Waals surface area contributed by atoms with E-state index < -0.39 is 0 Å². The molecule has 57 valence electrons. The van der Waals surface area contributed by atoms with Gasteiger partial charge in [0.2, 0.25) is 0 Å². The van der Waals surface area contributed by atoms with Gasteiger partial charge in [-0.05, 0) is 12.1 Å². The van der Waals surface area contributed by atoms with Crippen molar-refractivity contribution in [2.75, 3.05) is 0 Å². The standard InChI is InChI=1S/C9H10F.Y/c1-7(2)8-3-5-9(10)6-4-8;/h3-7H,1H2,2H3;/q-1;. The van der Waals surface area contributed by atoms with Crippen molar-refractivity contribution in [1.82, 2.24) is 0 Å². The average molecular weight is 226 g/mol. The van der Waals surface area contributed by atoms with Gasteiger partial charge in [-0.2, -0.15) is 0 Å². The molecule has 0 spiro atoms. The summed E-state index contributed by atoms with van der Waals surface area (Å²) in [5.74, 6) is 0.0463. The van der Waals surface area contributed by atoms with Crippen LogP contribution in [0.3, 0.4) is 0 Å². The molecule has 2 heteroatoms. The van der Waals surface area contributed by atoms with Crippen LogP contribution in [0.2, 0.25) is 0 Å². The topological polar surface area (TPSA) is 0 Å². The molecule has 0 aliphatic rings. The van der Waals surface area contributed by atoms with Gasteiger partial charge < -0.3 is 6.92 Å². The first-order chi connectivity index (χ1) is 4.70. The van der Waals surface area contributed by atoms with Crippen molar-refractivity contribution < 1.29 is 37.1 Å². The molecule has 0 fully saturated rings. The van der Waals surface area contributed by atoms with Crippen LogP contribution in [0.25, 0.3) is 0 Å². The molecule has 1 aromatic rings. The van der Waals surface area contributed by atoms with E-state index in [1.54, 1.807) is 12.1 Å². The van der Waals surface area contributed by atoms with Gasteiger partial charge in [-0.1, -0.05) is 24.6 Å². The van der Waals surface area contributed by atoms with Crippen LogP contribution >= 0.6 is 0 Å². The van der Waals surface area contributed by atoms with Gasteiger partial charge in [0.1, 0.15) is 5.82 Å². The summed E-state index contributed by atoms with van der Waals surface area (Å²) in [6.07, 6.45) is 0. The zero-order valence-electron chi connectivity index (χ0n) is 6.55. The van der Waals surface area contributed by atoms with Crippen molar-refractivity contribution in [2.45, 2.75) is 12.8 Å². The molecule has 0 aliphatic carbocycles. The molecule has 1 unspecified atom stereocenters. The van der Waals surface area contributed by atoms with E-state index in [4.69, 9.17) is 0 Å². The van der Waals surface area contributed by atoms with Gasteiger partial charge in [-0.15, -0.1) is 5.92 Å². The summed E-state index contributed by atoms with van der Waals surface area (Å²) in [7, 11) is 0. The van der Waals surface area contributed by atoms with E-state index in [0.717, 1.165) is 5.56 Å². The third-order valence-electron chi connectivity index (χ3n) is 1.44. The third kappa shape index (κ3) is 3.44. The molecule has 1 radical (unpaired) electrons. The molecule has 1 aromatic carbocycles. The van der Waals surface area contributed by atoms with Gasteiger partial charge in [-0.25, -0.2) is 4.39 Å². The van der Waals surface area contributed by atoms with Crippen molar-refractivity contribution in [3.05, 3.63) is 42.6 Å². The second-order valence-electron chi connectivity index (χ2n) is 2.45. The Bertz CT molecular complexity index is 203. The van der Waals surface area contributed by atoms with Crippen LogP contribution in [0.5, 0.6) is 0 Å². The van der Waals surface area contributed by atoms with Crippen LogP contribution in [0.1, 0.15) is 18.4 Å². The van der Waals surface area contributed by atoms with E-state index in [1.807, 2.05) is 6.92 Å². The minimum absolute atomic E-state index is 0. The number of halogens is 1. The maximum Gasteiger partial charge on any atom is 0.123 e. The van der Waals surface area contributed by atoms with E-state index in [0.29, 0.717) is 0 Å². The van der Waals surface area contributed by atoms with Crippen molar-refractivity contribution >= 4 is 0 Å². The Balaban J connectivity index is 0.000001000. The molecule has 0 saturated carbocycles. The Morgan fingerprint density at radius 3 is 2.09 bits per heavy atom. The second-order valence-corrected chi connectivity index (χ2v) is 2.45. The Morgan fingerprint density at radius 2 is 1.73 bits per heavy atom. The minimum atomic E-state index is -0.190. The summed E-state index contributed by atoms with van der Waals surface area (Å²) in [6.45, 7) is 5.80. The van der Waals surface area contributed by atoms with Crippen molar-refractivity contribution in [3.63, 3.8) is 0 Å². The van der Waals surface area contributed by atoms with E-state index in [-0.39, 0.29) is 44.4 Å². The fourth-order valence-electron chi connectivity index (χ4n) is 0.791. The fourth-order valence-corrected chi connectivity index (χ4v) is 0.791. The number of hydrogen-bond donors (Lipinski definition) is 0. The monoisotopic (exact) mass is 226 g/mol. The molecular weight excluding hydrogens is 216 g/mol. The van der Waals surface area contributed by atoms with E-state index in [1.165, 1.54) is 12.1 Å². The minimum Gasteiger partial charge on any atom is -0.336 e. The SMILES string of the molecule is [CH2-]C(C)c1ccc(F)cc1.[Y]. The number of benzene rings is 1. The Morgan fingerprint density at radius 1 is 1.27 bits per heavy atom. The predicted octanol–water partition coefficient (Wildman–Crippen LogP) is 2.76. The Kier molecular flexibility index (Phi) is 5.11. The molecular formula is C9H10FY-. The second kappa shape index (κ2) is 5.00. The van der Waals surface area contributed by atoms with Gasteiger partial charge in [0.25, 0.3) is 0 Å². The van der Waals surface area contributed by atoms with E-state index in [9.17, 15) is 4.39 Å². The summed E-state index contributed by atoms with van der Waals surface area (Å²) in [6, 6.07) is 6.42. The van der Waals surface area contributed by atoms with E-state index in [2.05, 4.69) is 6.92 Å². The molecule has 0 saturated heterocycles. The van der Waals surface area contributed by atoms with E-state index >= 15 is 0 Å². The van der Waals surface area contributed by atoms with Crippen LogP contribution in [-0.4, -0.2) is 0 Å². The average Bonchev–Trinajstić information content (AvgIpc) is 1.88. The van der Waals surface area contributed by atoms with Crippen LogP contribution in [-0.2, 0) is 32.7 Å². The predicted molar refractivity (Wildman–Crippen MR) is 40.2 cm³/mol. The van der Waals surface area contributed by atoms with Gasteiger partial charge in [-0.3, -0.25) is 0 Å². The molecule has 0 amide bonds. The molecule has 0 N–H and O–H groups in total. The summed E-state index contributed by atoms with van der Waals surface area (Å²) in [4.78, 5) is 0. The quantitative estimate of drug-likeness (QED) is 0.646. The van der Waals surface area contributed by atoms with Crippen LogP contribution in [0, 0.1) is 12.7 Å². The van der Waals surface area contributed by atoms with Crippen LogP contribution in [0.4, 0.5) is 4.39 Å². The van der Waals surface area contributed by atoms with Gasteiger partial charge >= 0.3 is 0 Å². The summed E-state index contributed by atoms with van der Waals surface area (Å²) < 4.78 is 12.3. The maximum atomic E-state index is 12.3. The Hall–Kier alpha value is 0.254. The first-order valence-electron chi connectivity index (χ1n) is 3.28. The zero-order valence-corrected chi connectivity index (χ0v) is 9.39. The molecule has 1 rings (SSSR count). The van der Waals surface area contributed by atoms with Crippen molar-refractivity contribution in [1.29, 1.82) is 0 Å². The molecule has 11 heavy (non-hydrogen) atoms. The maximum absolute atomic E-state index is 12.3. The summed E-state index contributed by atoms with van der Waals surface area (Å²) in [5.41, 5.74) is 1.07. The normalized spacial score (nSPS) is 11.9. The Labute approximate surface area is 92.1 Å². The van der Waals surface area contributed by atoms with Gasteiger partial charge in [0.15, 0.2) is 0 Å². The first-order valence-corrected chi connectivity index (χ1v) is 3.28. The van der Waals surface area contributed by atoms with Gasteiger partial charge in [0.05, 0.1) is 0 Å². The molecule has 0 heterocycles. The van der Waals surface area contributed by atoms with Crippen LogP contribution < -0.4 is 0 Å². The molecule has 0 aromatic heterocycles. The van der Waals surface area contributed by atoms with Crippen molar-refractivity contribution in [2.24, 2.45) is 0 Å². The third-order valence-corrected chi connectivity index (χ3v) is 1.44. The molecule has 0 bridgehead atoms. The largest absolute Gasteiger partial charge is 0.336 e. The summed E-state index contributed by atoms with van der Waals surface area (Å²) in [5, 5.41) is 0. The van der Waals surface area contributed by atoms with Crippen LogP contribution in [0.15, 0.2) is 24.3 Å². The first kappa shape index (κ1) is 11.3. The van der Waals surface area contributed by atoms with Crippen molar-refractivity contribution in [3.8, 4) is 0 Å². The number of hydrogen-bond acceptors (Lipinski definition) is 0. The molecule has 0 aliphatic heterocycles.